The molecule has 0 saturated heterocycles. The molecular weight excluding hydrogens is 245 g/mol. The summed E-state index contributed by atoms with van der Waals surface area (Å²) >= 11 is 0. The Hall–Kier alpha value is -1.92. The van der Waals surface area contributed by atoms with Crippen molar-refractivity contribution in [3.8, 4) is 0 Å². The molecule has 0 aliphatic rings. The van der Waals surface area contributed by atoms with E-state index in [0.29, 0.717) is 5.56 Å². The van der Waals surface area contributed by atoms with Gasteiger partial charge in [0.2, 0.25) is 0 Å². The van der Waals surface area contributed by atoms with E-state index in [4.69, 9.17) is 15.8 Å². The smallest absolute Gasteiger partial charge is 0.321 e. The zero-order valence-electron chi connectivity index (χ0n) is 13.4. The van der Waals surface area contributed by atoms with E-state index in [2.05, 4.69) is 5.32 Å². The molecule has 0 bridgehead atoms. The molecule has 18 heavy (non-hydrogen) atoms. The van der Waals surface area contributed by atoms with Crippen molar-refractivity contribution in [2.45, 2.75) is 18.5 Å². The van der Waals surface area contributed by atoms with Gasteiger partial charge in [0.25, 0.3) is 0 Å². The van der Waals surface area contributed by atoms with Crippen LogP contribution in [0.5, 0.6) is 0 Å². The fourth-order valence-electron chi connectivity index (χ4n) is 1.31. The molecule has 6 heteroatoms. The zero-order chi connectivity index (χ0) is 16.9. The fraction of sp³-hybridized carbons (Fsp3) is 0.333. The van der Waals surface area contributed by atoms with Gasteiger partial charge >= 0.3 is 11.9 Å². The van der Waals surface area contributed by atoms with Gasteiger partial charge in [-0.25, -0.2) is 0 Å². The lowest BCUT2D eigenvalue weighted by Gasteiger charge is -2.16. The van der Waals surface area contributed by atoms with Crippen LogP contribution in [0.4, 0.5) is 0 Å². The average Bonchev–Trinajstić information content (AvgIpc) is 2.45. The molecular formula is C12H16N2O4. The van der Waals surface area contributed by atoms with Crippen LogP contribution in [0, 0.1) is 0 Å². The first-order chi connectivity index (χ1) is 10.2. The van der Waals surface area contributed by atoms with Crippen LogP contribution in [0.25, 0.3) is 0 Å². The minimum absolute atomic E-state index is 0.0305. The number of nitrogens with two attached hydrogens (primary N) is 1. The maximum absolute atomic E-state index is 11.2. The van der Waals surface area contributed by atoms with Gasteiger partial charge in [-0.2, -0.15) is 0 Å². The third kappa shape index (κ3) is 4.52. The standard InChI is InChI=1S/C12H16N2O4/c13-9(11(15)16)7-14-10(12(17)18)6-8-4-2-1-3-5-8/h1-5,9-10,14H,6-7,13H2,(H,15,16)(H,17,18)/t9-,10-/m0/s1/i1+1,2+1,3+1,4+1,5+1,6+1,7D,8+1,9D,10+1,12+1/hD2/t7?,9-,10-. The van der Waals surface area contributed by atoms with Crippen molar-refractivity contribution >= 4 is 11.9 Å². The number of carboxylic acid groups (broad SMARTS) is 2. The Morgan fingerprint density at radius 2 is 2.06 bits per heavy atom. The van der Waals surface area contributed by atoms with Crippen LogP contribution in [0.1, 0.15) is 8.30 Å². The number of nitrogens with one attached hydrogen (secondary N) is 1. The van der Waals surface area contributed by atoms with Crippen LogP contribution in [-0.2, 0) is 16.0 Å². The molecule has 0 aliphatic heterocycles. The molecule has 5 N–H and O–H groups in total. The molecule has 0 aromatic heterocycles. The van der Waals surface area contributed by atoms with Crippen molar-refractivity contribution in [1.82, 2.24) is 5.32 Å². The molecule has 0 radical (unpaired) electrons. The number of carboxylic acids is 2. The lowest BCUT2D eigenvalue weighted by molar-refractivity contribution is -0.141. The van der Waals surface area contributed by atoms with E-state index in [1.807, 2.05) is 0 Å². The summed E-state index contributed by atoms with van der Waals surface area (Å²) in [7, 11) is 0. The van der Waals surface area contributed by atoms with Crippen molar-refractivity contribution in [1.29, 1.82) is 0 Å². The summed E-state index contributed by atoms with van der Waals surface area (Å²) < 4.78 is 29.2. The summed E-state index contributed by atoms with van der Waals surface area (Å²) in [5.41, 5.74) is 0.204. The highest BCUT2D eigenvalue weighted by Crippen LogP contribution is 2.03. The monoisotopic (exact) mass is 265 g/mol. The summed E-state index contributed by atoms with van der Waals surface area (Å²) in [6.45, 7) is -2.01. The number of hydrogen-bond acceptors (Lipinski definition) is 4. The quantitative estimate of drug-likeness (QED) is 0.479. The highest BCUT2D eigenvalue weighted by molar-refractivity contribution is 5.75. The fourth-order valence-corrected chi connectivity index (χ4v) is 1.31. The number of rotatable bonds is 8. The Labute approximate surface area is 110 Å². The topological polar surface area (TPSA) is 113 Å². The molecule has 1 unspecified atom stereocenters. The number of hydrogen-bond donors (Lipinski definition) is 4. The van der Waals surface area contributed by atoms with E-state index in [9.17, 15) is 9.59 Å². The van der Waals surface area contributed by atoms with Gasteiger partial charge in [0.15, 0.2) is 0 Å². The third-order valence-electron chi connectivity index (χ3n) is 2.22. The Kier molecular flexibility index (Phi) is 3.39. The maximum atomic E-state index is 11.2. The largest absolute Gasteiger partial charge is 0.480 e. The van der Waals surface area contributed by atoms with Crippen molar-refractivity contribution in [2.75, 3.05) is 6.52 Å². The molecule has 1 rings (SSSR count). The molecule has 6 nitrogen and oxygen atoms in total. The van der Waals surface area contributed by atoms with Crippen LogP contribution in [0.15, 0.2) is 30.3 Å². The van der Waals surface area contributed by atoms with Crippen molar-refractivity contribution < 1.29 is 25.4 Å². The predicted octanol–water partition coefficient (Wildman–Crippen LogP) is -0.316. The number of benzene rings is 1. The van der Waals surface area contributed by atoms with Gasteiger partial charge < -0.3 is 21.2 Å². The second-order valence-corrected chi connectivity index (χ2v) is 3.58. The lowest BCUT2D eigenvalue weighted by atomic mass is 10.3. The minimum Gasteiger partial charge on any atom is -0.480 e. The summed E-state index contributed by atoms with van der Waals surface area (Å²) in [6, 6.07) is 4.21. The highest BCUT2D eigenvalue weighted by Gasteiger charge is 2.20. The Bertz CT molecular complexity index is 531. The van der Waals surface area contributed by atoms with E-state index in [-0.39, 0.29) is 6.42 Å². The second kappa shape index (κ2) is 6.73. The molecule has 0 heterocycles. The van der Waals surface area contributed by atoms with Gasteiger partial charge in [0.05, 0.1) is 1.37 Å². The summed E-state index contributed by atoms with van der Waals surface area (Å²) in [4.78, 5) is 22.3. The van der Waals surface area contributed by atoms with E-state index in [1.165, 1.54) is 0 Å². The SMILES string of the molecule is [2H]C(N[13C@@H]([13CH2][13c]1[13cH][13cH][13cH][13cH][13cH]1)[13C](=O)O)[C@@]([2H])(C(=O)O)N([2H])[2H]. The van der Waals surface area contributed by atoms with E-state index >= 15 is 0 Å². The van der Waals surface area contributed by atoms with Crippen LogP contribution < -0.4 is 11.0 Å². The summed E-state index contributed by atoms with van der Waals surface area (Å²) in [5.74, 6) is -3.22. The normalized spacial score (nSPS) is 20.7. The van der Waals surface area contributed by atoms with Gasteiger partial charge in [-0.15, -0.1) is 0 Å². The molecule has 3 atom stereocenters. The maximum Gasteiger partial charge on any atom is 0.321 e. The molecule has 0 saturated carbocycles. The average molecular weight is 265 g/mol. The van der Waals surface area contributed by atoms with E-state index in [0.717, 1.165) is 0 Å². The van der Waals surface area contributed by atoms with Crippen LogP contribution in [0.2, 0.25) is 2.82 Å². The van der Waals surface area contributed by atoms with Crippen molar-refractivity contribution in [3.63, 3.8) is 0 Å². The lowest BCUT2D eigenvalue weighted by Crippen LogP contribution is -2.47. The van der Waals surface area contributed by atoms with Gasteiger partial charge in [0, 0.05) is 7.89 Å². The molecule has 0 amide bonds. The molecule has 0 fully saturated rings. The first kappa shape index (κ1) is 9.07. The van der Waals surface area contributed by atoms with Crippen LogP contribution >= 0.6 is 0 Å². The first-order valence-electron chi connectivity index (χ1n) is 7.13. The highest BCUT2D eigenvalue weighted by atomic mass is 16.5. The molecule has 98 valence electrons. The van der Waals surface area contributed by atoms with Crippen LogP contribution in [-0.4, -0.2) is 40.7 Å². The third-order valence-corrected chi connectivity index (χ3v) is 2.22. The van der Waals surface area contributed by atoms with Crippen molar-refractivity contribution in [2.24, 2.45) is 5.72 Å². The minimum atomic E-state index is -2.95. The number of carbonyl (C=O) groups is 2. The van der Waals surface area contributed by atoms with Gasteiger partial charge in [-0.05, 0) is 12.0 Å². The summed E-state index contributed by atoms with van der Waals surface area (Å²) in [5, 5.41) is 20.3. The Balaban J connectivity index is 2.91. The van der Waals surface area contributed by atoms with Crippen LogP contribution in [0.3, 0.4) is 0 Å². The number of aliphatic carboxylic acids is 2. The van der Waals surface area contributed by atoms with Gasteiger partial charge in [0.1, 0.15) is 14.9 Å². The van der Waals surface area contributed by atoms with Crippen molar-refractivity contribution in [3.05, 3.63) is 35.9 Å². The Morgan fingerprint density at radius 3 is 2.56 bits per heavy atom. The molecule has 1 aromatic carbocycles. The molecule has 0 aliphatic carbocycles. The Morgan fingerprint density at radius 1 is 1.39 bits per heavy atom. The van der Waals surface area contributed by atoms with E-state index in [1.54, 1.807) is 30.3 Å². The summed E-state index contributed by atoms with van der Waals surface area (Å²) in [6.07, 6.45) is -0.0305. The van der Waals surface area contributed by atoms with Gasteiger partial charge in [-0.3, -0.25) is 9.59 Å². The first-order valence-corrected chi connectivity index (χ1v) is 5.16. The predicted molar refractivity (Wildman–Crippen MR) is 65.2 cm³/mol. The molecule has 0 spiro atoms. The van der Waals surface area contributed by atoms with Gasteiger partial charge in [-0.1, -0.05) is 30.3 Å². The molecule has 1 aromatic rings. The second-order valence-electron chi connectivity index (χ2n) is 3.58. The van der Waals surface area contributed by atoms with E-state index < -0.39 is 36.2 Å². The zero-order valence-corrected chi connectivity index (χ0v) is 9.41.